The third kappa shape index (κ3) is 3.68. The van der Waals surface area contributed by atoms with Gasteiger partial charge in [0.15, 0.2) is 5.96 Å². The van der Waals surface area contributed by atoms with Gasteiger partial charge in [0.1, 0.15) is 6.10 Å². The van der Waals surface area contributed by atoms with E-state index in [2.05, 4.69) is 29.9 Å². The molecule has 0 bridgehead atoms. The number of piperidine rings is 1. The third-order valence-electron chi connectivity index (χ3n) is 5.02. The minimum absolute atomic E-state index is 0.0919. The Hall–Kier alpha value is -1.56. The SMILES string of the molecule is CCn1nccc1[C@@H]1OCC[C@H]1CN=C(N)N1CCCC(C)C1. The van der Waals surface area contributed by atoms with Crippen molar-refractivity contribution >= 4 is 5.96 Å². The van der Waals surface area contributed by atoms with Gasteiger partial charge in [-0.15, -0.1) is 0 Å². The number of likely N-dealkylation sites (tertiary alicyclic amines) is 1. The van der Waals surface area contributed by atoms with Gasteiger partial charge in [0.2, 0.25) is 0 Å². The summed E-state index contributed by atoms with van der Waals surface area (Å²) >= 11 is 0. The average molecular weight is 319 g/mol. The summed E-state index contributed by atoms with van der Waals surface area (Å²) in [6.07, 6.45) is 5.48. The lowest BCUT2D eigenvalue weighted by Gasteiger charge is -2.31. The van der Waals surface area contributed by atoms with Gasteiger partial charge < -0.3 is 15.4 Å². The second kappa shape index (κ2) is 7.34. The fourth-order valence-corrected chi connectivity index (χ4v) is 3.70. The molecule has 0 aliphatic carbocycles. The predicted octanol–water partition coefficient (Wildman–Crippen LogP) is 2.03. The van der Waals surface area contributed by atoms with E-state index in [0.29, 0.717) is 17.8 Å². The van der Waals surface area contributed by atoms with E-state index in [-0.39, 0.29) is 6.10 Å². The van der Waals surface area contributed by atoms with Crippen LogP contribution in [-0.4, -0.2) is 46.9 Å². The van der Waals surface area contributed by atoms with E-state index in [1.807, 2.05) is 10.9 Å². The molecule has 0 spiro atoms. The molecule has 23 heavy (non-hydrogen) atoms. The fourth-order valence-electron chi connectivity index (χ4n) is 3.70. The zero-order valence-corrected chi connectivity index (χ0v) is 14.3. The smallest absolute Gasteiger partial charge is 0.191 e. The van der Waals surface area contributed by atoms with Crippen LogP contribution in [0.15, 0.2) is 17.3 Å². The molecule has 1 aromatic heterocycles. The Bertz CT molecular complexity index is 541. The van der Waals surface area contributed by atoms with Gasteiger partial charge in [-0.05, 0) is 38.2 Å². The Kier molecular flexibility index (Phi) is 5.20. The molecule has 128 valence electrons. The lowest BCUT2D eigenvalue weighted by atomic mass is 9.99. The maximum atomic E-state index is 6.23. The van der Waals surface area contributed by atoms with Gasteiger partial charge in [0, 0.05) is 44.9 Å². The van der Waals surface area contributed by atoms with E-state index in [4.69, 9.17) is 15.5 Å². The van der Waals surface area contributed by atoms with Crippen molar-refractivity contribution in [1.82, 2.24) is 14.7 Å². The molecule has 1 unspecified atom stereocenters. The molecule has 3 heterocycles. The molecule has 0 saturated carbocycles. The van der Waals surface area contributed by atoms with Crippen molar-refractivity contribution in [1.29, 1.82) is 0 Å². The highest BCUT2D eigenvalue weighted by Gasteiger charge is 2.32. The number of nitrogens with zero attached hydrogens (tertiary/aromatic N) is 4. The van der Waals surface area contributed by atoms with E-state index < -0.39 is 0 Å². The van der Waals surface area contributed by atoms with Crippen LogP contribution in [0.1, 0.15) is 44.9 Å². The van der Waals surface area contributed by atoms with Crippen LogP contribution in [0.25, 0.3) is 0 Å². The Labute approximate surface area is 138 Å². The molecule has 0 radical (unpaired) electrons. The zero-order valence-electron chi connectivity index (χ0n) is 14.3. The number of aromatic nitrogens is 2. The van der Waals surface area contributed by atoms with Crippen molar-refractivity contribution in [2.24, 2.45) is 22.6 Å². The summed E-state index contributed by atoms with van der Waals surface area (Å²) in [5, 5.41) is 4.36. The summed E-state index contributed by atoms with van der Waals surface area (Å²) in [5.41, 5.74) is 7.39. The Morgan fingerprint density at radius 3 is 3.13 bits per heavy atom. The van der Waals surface area contributed by atoms with Gasteiger partial charge in [-0.25, -0.2) is 0 Å². The van der Waals surface area contributed by atoms with Gasteiger partial charge >= 0.3 is 0 Å². The first-order valence-electron chi connectivity index (χ1n) is 8.87. The quantitative estimate of drug-likeness (QED) is 0.681. The van der Waals surface area contributed by atoms with E-state index >= 15 is 0 Å². The summed E-state index contributed by atoms with van der Waals surface area (Å²) in [5.74, 6) is 1.79. The van der Waals surface area contributed by atoms with Crippen molar-refractivity contribution in [3.8, 4) is 0 Å². The lowest BCUT2D eigenvalue weighted by Crippen LogP contribution is -2.43. The van der Waals surface area contributed by atoms with Gasteiger partial charge in [-0.1, -0.05) is 6.92 Å². The Morgan fingerprint density at radius 1 is 1.48 bits per heavy atom. The molecule has 0 aromatic carbocycles. The zero-order chi connectivity index (χ0) is 16.2. The molecule has 2 aliphatic heterocycles. The van der Waals surface area contributed by atoms with Gasteiger partial charge in [0.25, 0.3) is 0 Å². The third-order valence-corrected chi connectivity index (χ3v) is 5.02. The fraction of sp³-hybridized carbons (Fsp3) is 0.765. The molecular weight excluding hydrogens is 290 g/mol. The van der Waals surface area contributed by atoms with Crippen molar-refractivity contribution in [3.05, 3.63) is 18.0 Å². The van der Waals surface area contributed by atoms with E-state index in [9.17, 15) is 0 Å². The number of ether oxygens (including phenoxy) is 1. The summed E-state index contributed by atoms with van der Waals surface area (Å²) in [7, 11) is 0. The highest BCUT2D eigenvalue weighted by atomic mass is 16.5. The monoisotopic (exact) mass is 319 g/mol. The topological polar surface area (TPSA) is 68.7 Å². The molecule has 1 aromatic rings. The van der Waals surface area contributed by atoms with E-state index in [1.54, 1.807) is 0 Å². The van der Waals surface area contributed by atoms with Crippen LogP contribution in [0.3, 0.4) is 0 Å². The van der Waals surface area contributed by atoms with Gasteiger partial charge in [-0.3, -0.25) is 9.67 Å². The largest absolute Gasteiger partial charge is 0.372 e. The van der Waals surface area contributed by atoms with Gasteiger partial charge in [-0.2, -0.15) is 5.10 Å². The van der Waals surface area contributed by atoms with Crippen LogP contribution < -0.4 is 5.73 Å². The molecule has 6 nitrogen and oxygen atoms in total. The van der Waals surface area contributed by atoms with Crippen LogP contribution in [0.2, 0.25) is 0 Å². The first kappa shape index (κ1) is 16.3. The molecule has 2 N–H and O–H groups in total. The maximum Gasteiger partial charge on any atom is 0.191 e. The van der Waals surface area contributed by atoms with E-state index in [0.717, 1.165) is 44.9 Å². The summed E-state index contributed by atoms with van der Waals surface area (Å²) in [6, 6.07) is 2.06. The second-order valence-electron chi connectivity index (χ2n) is 6.80. The standard InChI is InChI=1S/C17H29N5O/c1-3-22-15(6-8-20-22)16-14(7-10-23-16)11-19-17(18)21-9-4-5-13(2)12-21/h6,8,13-14,16H,3-5,7,9-12H2,1-2H3,(H2,18,19)/t13?,14-,16+/m0/s1. The van der Waals surface area contributed by atoms with Crippen molar-refractivity contribution in [2.45, 2.75) is 45.8 Å². The van der Waals surface area contributed by atoms with Crippen LogP contribution in [-0.2, 0) is 11.3 Å². The van der Waals surface area contributed by atoms with Crippen LogP contribution in [0.5, 0.6) is 0 Å². The molecule has 3 rings (SSSR count). The Morgan fingerprint density at radius 2 is 2.35 bits per heavy atom. The molecule has 0 amide bonds. The van der Waals surface area contributed by atoms with Crippen LogP contribution in [0, 0.1) is 11.8 Å². The predicted molar refractivity (Wildman–Crippen MR) is 91.2 cm³/mol. The number of aliphatic imine (C=N–C) groups is 1. The number of rotatable bonds is 4. The second-order valence-corrected chi connectivity index (χ2v) is 6.80. The van der Waals surface area contributed by atoms with Crippen LogP contribution >= 0.6 is 0 Å². The van der Waals surface area contributed by atoms with Gasteiger partial charge in [0.05, 0.1) is 5.69 Å². The van der Waals surface area contributed by atoms with Crippen molar-refractivity contribution < 1.29 is 4.74 Å². The van der Waals surface area contributed by atoms with Crippen molar-refractivity contribution in [2.75, 3.05) is 26.2 Å². The summed E-state index contributed by atoms with van der Waals surface area (Å²) < 4.78 is 7.98. The number of nitrogens with two attached hydrogens (primary N) is 1. The average Bonchev–Trinajstić information content (AvgIpc) is 3.20. The highest BCUT2D eigenvalue weighted by molar-refractivity contribution is 5.78. The normalized spacial score (nSPS) is 29.2. The summed E-state index contributed by atoms with van der Waals surface area (Å²) in [4.78, 5) is 6.92. The summed E-state index contributed by atoms with van der Waals surface area (Å²) in [6.45, 7) is 8.85. The minimum atomic E-state index is 0.0919. The maximum absolute atomic E-state index is 6.23. The van der Waals surface area contributed by atoms with Crippen LogP contribution in [0.4, 0.5) is 0 Å². The highest BCUT2D eigenvalue weighted by Crippen LogP contribution is 2.34. The first-order valence-corrected chi connectivity index (χ1v) is 8.87. The lowest BCUT2D eigenvalue weighted by molar-refractivity contribution is 0.0850. The van der Waals surface area contributed by atoms with E-state index in [1.165, 1.54) is 12.8 Å². The molecule has 2 fully saturated rings. The number of hydrogen-bond donors (Lipinski definition) is 1. The molecular formula is C17H29N5O. The number of aryl methyl sites for hydroxylation is 1. The molecule has 6 heteroatoms. The number of hydrogen-bond acceptors (Lipinski definition) is 3. The number of guanidine groups is 1. The molecule has 3 atom stereocenters. The minimum Gasteiger partial charge on any atom is -0.372 e. The Balaban J connectivity index is 1.63. The first-order chi connectivity index (χ1) is 11.2. The molecule has 2 aliphatic rings. The van der Waals surface area contributed by atoms with Crippen molar-refractivity contribution in [3.63, 3.8) is 0 Å². The molecule has 2 saturated heterocycles.